The summed E-state index contributed by atoms with van der Waals surface area (Å²) in [4.78, 5) is 2.41. The summed E-state index contributed by atoms with van der Waals surface area (Å²) >= 11 is 1.78. The van der Waals surface area contributed by atoms with Crippen LogP contribution in [0.4, 0.5) is 0 Å². The molecule has 16 heavy (non-hydrogen) atoms. The second-order valence-corrected chi connectivity index (χ2v) is 5.96. The summed E-state index contributed by atoms with van der Waals surface area (Å²) in [5.41, 5.74) is 7.80. The number of hydrogen-bond donors (Lipinski definition) is 1. The van der Waals surface area contributed by atoms with Gasteiger partial charge in [0.2, 0.25) is 0 Å². The monoisotopic (exact) mass is 238 g/mol. The van der Waals surface area contributed by atoms with Gasteiger partial charge in [-0.25, -0.2) is 0 Å². The number of nitrogens with two attached hydrogens (primary N) is 1. The molecule has 0 unspecified atom stereocenters. The molecule has 1 aromatic heterocycles. The zero-order chi connectivity index (χ0) is 11.4. The van der Waals surface area contributed by atoms with Crippen molar-refractivity contribution in [2.75, 3.05) is 20.1 Å². The van der Waals surface area contributed by atoms with Gasteiger partial charge in [-0.3, -0.25) is 0 Å². The van der Waals surface area contributed by atoms with Crippen LogP contribution >= 0.6 is 11.3 Å². The number of nitrogens with zero attached hydrogens (tertiary/aromatic N) is 1. The van der Waals surface area contributed by atoms with E-state index in [-0.39, 0.29) is 0 Å². The van der Waals surface area contributed by atoms with E-state index in [9.17, 15) is 0 Å². The molecule has 1 heterocycles. The van der Waals surface area contributed by atoms with Crippen molar-refractivity contribution in [3.63, 3.8) is 0 Å². The molecule has 0 saturated heterocycles. The lowest BCUT2D eigenvalue weighted by molar-refractivity contribution is 0.111. The van der Waals surface area contributed by atoms with Crippen molar-refractivity contribution in [3.8, 4) is 0 Å². The van der Waals surface area contributed by atoms with E-state index in [0.717, 1.165) is 13.1 Å². The fourth-order valence-corrected chi connectivity index (χ4v) is 3.09. The van der Waals surface area contributed by atoms with E-state index in [0.29, 0.717) is 5.41 Å². The van der Waals surface area contributed by atoms with Gasteiger partial charge in [-0.1, -0.05) is 6.42 Å². The van der Waals surface area contributed by atoms with Gasteiger partial charge >= 0.3 is 0 Å². The van der Waals surface area contributed by atoms with E-state index < -0.39 is 0 Å². The first-order valence-corrected chi connectivity index (χ1v) is 7.08. The van der Waals surface area contributed by atoms with E-state index in [4.69, 9.17) is 5.73 Å². The summed E-state index contributed by atoms with van der Waals surface area (Å²) in [6.07, 6.45) is 5.33. The van der Waals surface area contributed by atoms with Gasteiger partial charge in [-0.05, 0) is 67.2 Å². The minimum Gasteiger partial charge on any atom is -0.330 e. The molecule has 1 saturated carbocycles. The first-order valence-electron chi connectivity index (χ1n) is 6.14. The topological polar surface area (TPSA) is 29.3 Å². The average molecular weight is 238 g/mol. The molecule has 0 atom stereocenters. The second-order valence-electron chi connectivity index (χ2n) is 5.18. The second kappa shape index (κ2) is 5.30. The Morgan fingerprint density at radius 3 is 2.81 bits per heavy atom. The van der Waals surface area contributed by atoms with E-state index >= 15 is 0 Å². The molecule has 1 aliphatic carbocycles. The molecule has 1 aliphatic rings. The lowest BCUT2D eigenvalue weighted by Crippen LogP contribution is -2.39. The van der Waals surface area contributed by atoms with Crippen LogP contribution in [0, 0.1) is 5.41 Å². The summed E-state index contributed by atoms with van der Waals surface area (Å²) in [7, 11) is 2.21. The minimum atomic E-state index is 0.489. The third kappa shape index (κ3) is 2.84. The Balaban J connectivity index is 1.73. The minimum absolute atomic E-state index is 0.489. The number of rotatable bonds is 6. The first kappa shape index (κ1) is 12.1. The Labute approximate surface area is 102 Å². The Bertz CT molecular complexity index is 298. The molecule has 1 fully saturated rings. The molecule has 0 aliphatic heterocycles. The lowest BCUT2D eigenvalue weighted by Gasteiger charge is -2.42. The Hall–Kier alpha value is -0.380. The van der Waals surface area contributed by atoms with Gasteiger partial charge in [-0.2, -0.15) is 11.3 Å². The SMILES string of the molecule is CN(CCC1(CN)CCC1)Cc1ccsc1. The van der Waals surface area contributed by atoms with Crippen molar-refractivity contribution in [2.45, 2.75) is 32.2 Å². The van der Waals surface area contributed by atoms with Crippen LogP contribution in [0.15, 0.2) is 16.8 Å². The molecule has 0 spiro atoms. The molecule has 2 N–H and O–H groups in total. The van der Waals surface area contributed by atoms with Crippen LogP contribution in [0.3, 0.4) is 0 Å². The summed E-state index contributed by atoms with van der Waals surface area (Å²) in [5, 5.41) is 4.38. The molecule has 0 aromatic carbocycles. The van der Waals surface area contributed by atoms with Crippen molar-refractivity contribution in [3.05, 3.63) is 22.4 Å². The van der Waals surface area contributed by atoms with E-state index in [1.807, 2.05) is 0 Å². The molecule has 3 heteroatoms. The Kier molecular flexibility index (Phi) is 4.00. The van der Waals surface area contributed by atoms with E-state index in [2.05, 4.69) is 28.8 Å². The van der Waals surface area contributed by atoms with Gasteiger partial charge in [0.25, 0.3) is 0 Å². The predicted molar refractivity (Wildman–Crippen MR) is 70.6 cm³/mol. The largest absolute Gasteiger partial charge is 0.330 e. The summed E-state index contributed by atoms with van der Waals surface area (Å²) < 4.78 is 0. The van der Waals surface area contributed by atoms with E-state index in [1.54, 1.807) is 11.3 Å². The molecular weight excluding hydrogens is 216 g/mol. The lowest BCUT2D eigenvalue weighted by atomic mass is 9.66. The third-order valence-corrected chi connectivity index (χ3v) is 4.64. The number of thiophene rings is 1. The van der Waals surface area contributed by atoms with Crippen molar-refractivity contribution < 1.29 is 0 Å². The molecular formula is C13H22N2S. The third-order valence-electron chi connectivity index (χ3n) is 3.90. The Morgan fingerprint density at radius 1 is 1.50 bits per heavy atom. The fourth-order valence-electron chi connectivity index (χ4n) is 2.43. The molecule has 0 radical (unpaired) electrons. The first-order chi connectivity index (χ1) is 7.74. The van der Waals surface area contributed by atoms with Crippen LogP contribution < -0.4 is 5.73 Å². The maximum absolute atomic E-state index is 5.87. The zero-order valence-electron chi connectivity index (χ0n) is 10.1. The normalized spacial score (nSPS) is 18.7. The van der Waals surface area contributed by atoms with Crippen molar-refractivity contribution in [1.29, 1.82) is 0 Å². The molecule has 1 aromatic rings. The van der Waals surface area contributed by atoms with Crippen LogP contribution in [0.25, 0.3) is 0 Å². The van der Waals surface area contributed by atoms with Crippen LogP contribution in [0.5, 0.6) is 0 Å². The van der Waals surface area contributed by atoms with Crippen molar-refractivity contribution in [2.24, 2.45) is 11.1 Å². The van der Waals surface area contributed by atoms with Gasteiger partial charge < -0.3 is 10.6 Å². The average Bonchev–Trinajstić information content (AvgIpc) is 2.69. The standard InChI is InChI=1S/C13H22N2S/c1-15(9-12-3-8-16-10-12)7-6-13(11-14)4-2-5-13/h3,8,10H,2,4-7,9,11,14H2,1H3. The maximum atomic E-state index is 5.87. The maximum Gasteiger partial charge on any atom is 0.0238 e. The number of hydrogen-bond acceptors (Lipinski definition) is 3. The van der Waals surface area contributed by atoms with Crippen LogP contribution in [-0.4, -0.2) is 25.0 Å². The highest BCUT2D eigenvalue weighted by Gasteiger charge is 2.34. The summed E-state index contributed by atoms with van der Waals surface area (Å²) in [5.74, 6) is 0. The van der Waals surface area contributed by atoms with Crippen LogP contribution in [0.2, 0.25) is 0 Å². The molecule has 2 nitrogen and oxygen atoms in total. The van der Waals surface area contributed by atoms with Gasteiger partial charge in [0.05, 0.1) is 0 Å². The van der Waals surface area contributed by atoms with Gasteiger partial charge in [0.15, 0.2) is 0 Å². The highest BCUT2D eigenvalue weighted by molar-refractivity contribution is 7.07. The summed E-state index contributed by atoms with van der Waals surface area (Å²) in [6, 6.07) is 2.21. The van der Waals surface area contributed by atoms with Crippen molar-refractivity contribution in [1.82, 2.24) is 4.90 Å². The molecule has 0 amide bonds. The molecule has 90 valence electrons. The molecule has 0 bridgehead atoms. The smallest absolute Gasteiger partial charge is 0.0238 e. The Morgan fingerprint density at radius 2 is 2.31 bits per heavy atom. The predicted octanol–water partition coefficient (Wildman–Crippen LogP) is 2.70. The van der Waals surface area contributed by atoms with E-state index in [1.165, 1.54) is 37.8 Å². The zero-order valence-corrected chi connectivity index (χ0v) is 10.9. The fraction of sp³-hybridized carbons (Fsp3) is 0.692. The summed E-state index contributed by atoms with van der Waals surface area (Å²) in [6.45, 7) is 3.12. The molecule has 2 rings (SSSR count). The van der Waals surface area contributed by atoms with Crippen LogP contribution in [-0.2, 0) is 6.54 Å². The highest BCUT2D eigenvalue weighted by Crippen LogP contribution is 2.42. The van der Waals surface area contributed by atoms with Gasteiger partial charge in [0.1, 0.15) is 0 Å². The van der Waals surface area contributed by atoms with Crippen molar-refractivity contribution >= 4 is 11.3 Å². The highest BCUT2D eigenvalue weighted by atomic mass is 32.1. The van der Waals surface area contributed by atoms with Gasteiger partial charge in [0, 0.05) is 6.54 Å². The van der Waals surface area contributed by atoms with Gasteiger partial charge in [-0.15, -0.1) is 0 Å². The quantitative estimate of drug-likeness (QED) is 0.825. The van der Waals surface area contributed by atoms with Crippen LogP contribution in [0.1, 0.15) is 31.2 Å².